The molecule has 1 aliphatic carbocycles. The average Bonchev–Trinajstić information content (AvgIpc) is 3.29. The molecule has 166 valence electrons. The second kappa shape index (κ2) is 6.59. The van der Waals surface area contributed by atoms with Gasteiger partial charge in [0.25, 0.3) is 10.0 Å². The van der Waals surface area contributed by atoms with Gasteiger partial charge in [-0.05, 0) is 37.7 Å². The predicted octanol–water partition coefficient (Wildman–Crippen LogP) is 2.50. The number of carbonyl (C=O) groups excluding carboxylic acids is 1. The van der Waals surface area contributed by atoms with Gasteiger partial charge in [-0.15, -0.1) is 5.11 Å². The van der Waals surface area contributed by atoms with E-state index < -0.39 is 15.4 Å². The van der Waals surface area contributed by atoms with Crippen LogP contribution in [-0.4, -0.2) is 47.4 Å². The Balaban J connectivity index is 1.54. The lowest BCUT2D eigenvalue weighted by Crippen LogP contribution is -2.53. The second-order valence-electron chi connectivity index (χ2n) is 9.97. The summed E-state index contributed by atoms with van der Waals surface area (Å²) in [6, 6.07) is 1.24. The zero-order valence-corrected chi connectivity index (χ0v) is 19.2. The molecule has 0 radical (unpaired) electrons. The van der Waals surface area contributed by atoms with E-state index in [1.165, 1.54) is 15.1 Å². The predicted molar refractivity (Wildman–Crippen MR) is 113 cm³/mol. The first-order chi connectivity index (χ1) is 14.5. The number of nitrogens with zero attached hydrogens (tertiary/aromatic N) is 5. The first-order valence-corrected chi connectivity index (χ1v) is 12.1. The second-order valence-corrected chi connectivity index (χ2v) is 11.8. The fourth-order valence-corrected chi connectivity index (χ4v) is 7.39. The summed E-state index contributed by atoms with van der Waals surface area (Å²) in [5.74, 6) is 0.905. The van der Waals surface area contributed by atoms with Crippen molar-refractivity contribution in [3.05, 3.63) is 34.9 Å². The van der Waals surface area contributed by atoms with Gasteiger partial charge in [-0.1, -0.05) is 13.8 Å². The standard InChI is InChI=1S/C21H28N6O3S/c1-13-9-21(6-8-27(13)31(29,30)17-5-7-26(4)25-17)14-12-22-24-19(14)23-15-10-20(2,3)11-16(28)18(15)21/h5,7,13,23H,6,8-12H2,1-4H3/t13-,21-/m1/s1. The number of Topliss-reactive ketones (excluding diaryl/α,β-unsaturated/α-hetero) is 1. The number of piperidine rings is 1. The molecule has 0 saturated carbocycles. The topological polar surface area (TPSA) is 109 Å². The van der Waals surface area contributed by atoms with Crippen LogP contribution >= 0.6 is 0 Å². The Labute approximate surface area is 182 Å². The zero-order chi connectivity index (χ0) is 22.2. The number of hydrogen-bond donors (Lipinski definition) is 1. The van der Waals surface area contributed by atoms with E-state index in [2.05, 4.69) is 34.5 Å². The summed E-state index contributed by atoms with van der Waals surface area (Å²) >= 11 is 0. The maximum Gasteiger partial charge on any atom is 0.262 e. The SMILES string of the molecule is C[C@@H]1C[C@]2(CCN1S(=O)(=O)c1ccn(C)n1)C1=C(N=NC1)NC1=C2C(=O)CC(C)(C)C1. The third kappa shape index (κ3) is 3.02. The molecule has 31 heavy (non-hydrogen) atoms. The number of sulfonamides is 1. The van der Waals surface area contributed by atoms with E-state index in [1.54, 1.807) is 13.2 Å². The molecule has 4 heterocycles. The van der Waals surface area contributed by atoms with E-state index in [0.717, 1.165) is 29.1 Å². The summed E-state index contributed by atoms with van der Waals surface area (Å²) in [4.78, 5) is 13.4. The molecule has 1 fully saturated rings. The van der Waals surface area contributed by atoms with Crippen molar-refractivity contribution in [2.24, 2.45) is 28.1 Å². The number of fused-ring (bicyclic) bond motifs is 2. The van der Waals surface area contributed by atoms with Crippen LogP contribution < -0.4 is 5.32 Å². The van der Waals surface area contributed by atoms with E-state index in [9.17, 15) is 13.2 Å². The van der Waals surface area contributed by atoms with Crippen LogP contribution in [0.15, 0.2) is 50.2 Å². The lowest BCUT2D eigenvalue weighted by Gasteiger charge is -2.50. The third-order valence-electron chi connectivity index (χ3n) is 7.04. The molecule has 0 unspecified atom stereocenters. The summed E-state index contributed by atoms with van der Waals surface area (Å²) in [6.07, 6.45) is 3.98. The van der Waals surface area contributed by atoms with Crippen LogP contribution in [-0.2, 0) is 21.9 Å². The van der Waals surface area contributed by atoms with E-state index in [4.69, 9.17) is 0 Å². The first kappa shape index (κ1) is 20.6. The molecule has 1 aromatic heterocycles. The number of nitrogens with one attached hydrogen (secondary N) is 1. The van der Waals surface area contributed by atoms with Crippen LogP contribution in [0.4, 0.5) is 0 Å². The molecule has 4 aliphatic rings. The van der Waals surface area contributed by atoms with Crippen molar-refractivity contribution < 1.29 is 13.2 Å². The summed E-state index contributed by atoms with van der Waals surface area (Å²) in [5.41, 5.74) is 2.17. The van der Waals surface area contributed by atoms with E-state index in [1.807, 2.05) is 6.92 Å². The molecule has 0 bridgehead atoms. The van der Waals surface area contributed by atoms with Gasteiger partial charge in [0.1, 0.15) is 0 Å². The molecule has 5 rings (SSSR count). The van der Waals surface area contributed by atoms with Gasteiger partial charge in [0.2, 0.25) is 0 Å². The maximum absolute atomic E-state index is 13.4. The number of dihydropyridines is 1. The fourth-order valence-electron chi connectivity index (χ4n) is 5.81. The van der Waals surface area contributed by atoms with Crippen molar-refractivity contribution in [1.82, 2.24) is 19.4 Å². The lowest BCUT2D eigenvalue weighted by atomic mass is 9.59. The normalized spacial score (nSPS) is 30.6. The summed E-state index contributed by atoms with van der Waals surface area (Å²) in [5, 5.41) is 16.1. The van der Waals surface area contributed by atoms with Gasteiger partial charge in [-0.2, -0.15) is 14.5 Å². The highest BCUT2D eigenvalue weighted by atomic mass is 32.2. The van der Waals surface area contributed by atoms with Crippen molar-refractivity contribution in [1.29, 1.82) is 0 Å². The average molecular weight is 445 g/mol. The Morgan fingerprint density at radius 2 is 2.03 bits per heavy atom. The van der Waals surface area contributed by atoms with Crippen LogP contribution in [0.3, 0.4) is 0 Å². The highest BCUT2D eigenvalue weighted by molar-refractivity contribution is 7.89. The van der Waals surface area contributed by atoms with Crippen molar-refractivity contribution in [3.8, 4) is 0 Å². The number of hydrogen-bond acceptors (Lipinski definition) is 7. The number of ketones is 1. The quantitative estimate of drug-likeness (QED) is 0.754. The summed E-state index contributed by atoms with van der Waals surface area (Å²) < 4.78 is 29.5. The third-order valence-corrected chi connectivity index (χ3v) is 8.95. The van der Waals surface area contributed by atoms with Crippen molar-refractivity contribution >= 4 is 15.8 Å². The molecule has 10 heteroatoms. The van der Waals surface area contributed by atoms with Crippen LogP contribution in [0.2, 0.25) is 0 Å². The maximum atomic E-state index is 13.4. The van der Waals surface area contributed by atoms with Gasteiger partial charge in [-0.25, -0.2) is 8.42 Å². The number of rotatable bonds is 2. The molecular formula is C21H28N6O3S. The highest BCUT2D eigenvalue weighted by Crippen LogP contribution is 2.56. The fraction of sp³-hybridized carbons (Fsp3) is 0.619. The van der Waals surface area contributed by atoms with Gasteiger partial charge >= 0.3 is 0 Å². The van der Waals surface area contributed by atoms with Crippen LogP contribution in [0.5, 0.6) is 0 Å². The Bertz CT molecular complexity index is 1180. The molecule has 2 atom stereocenters. The largest absolute Gasteiger partial charge is 0.342 e. The molecule has 1 spiro atoms. The Morgan fingerprint density at radius 3 is 2.71 bits per heavy atom. The number of aryl methyl sites for hydroxylation is 1. The summed E-state index contributed by atoms with van der Waals surface area (Å²) in [7, 11) is -2.01. The Hall–Kier alpha value is -2.33. The highest BCUT2D eigenvalue weighted by Gasteiger charge is 2.54. The minimum atomic E-state index is -3.71. The molecule has 1 N–H and O–H groups in total. The molecule has 0 aromatic carbocycles. The van der Waals surface area contributed by atoms with Crippen LogP contribution in [0.25, 0.3) is 0 Å². The molecule has 1 aromatic rings. The van der Waals surface area contributed by atoms with E-state index in [-0.39, 0.29) is 22.3 Å². The van der Waals surface area contributed by atoms with Crippen molar-refractivity contribution in [3.63, 3.8) is 0 Å². The van der Waals surface area contributed by atoms with Gasteiger partial charge in [-0.3, -0.25) is 9.48 Å². The number of aromatic nitrogens is 2. The Morgan fingerprint density at radius 1 is 1.26 bits per heavy atom. The van der Waals surface area contributed by atoms with Crippen molar-refractivity contribution in [2.75, 3.05) is 13.1 Å². The molecule has 1 saturated heterocycles. The minimum absolute atomic E-state index is 0.0595. The van der Waals surface area contributed by atoms with E-state index in [0.29, 0.717) is 32.4 Å². The molecular weight excluding hydrogens is 416 g/mol. The van der Waals surface area contributed by atoms with Crippen molar-refractivity contribution in [2.45, 2.75) is 57.5 Å². The molecule has 3 aliphatic heterocycles. The van der Waals surface area contributed by atoms with Gasteiger partial charge in [0.15, 0.2) is 16.6 Å². The van der Waals surface area contributed by atoms with E-state index >= 15 is 0 Å². The smallest absolute Gasteiger partial charge is 0.262 e. The first-order valence-electron chi connectivity index (χ1n) is 10.7. The molecule has 9 nitrogen and oxygen atoms in total. The number of allylic oxidation sites excluding steroid dienone is 2. The van der Waals surface area contributed by atoms with Crippen LogP contribution in [0.1, 0.15) is 46.5 Å². The molecule has 0 amide bonds. The van der Waals surface area contributed by atoms with Gasteiger partial charge < -0.3 is 5.32 Å². The lowest BCUT2D eigenvalue weighted by molar-refractivity contribution is -0.119. The zero-order valence-electron chi connectivity index (χ0n) is 18.3. The Kier molecular flexibility index (Phi) is 4.37. The number of carbonyl (C=O) groups is 1. The number of azo groups is 1. The summed E-state index contributed by atoms with van der Waals surface area (Å²) in [6.45, 7) is 6.91. The van der Waals surface area contributed by atoms with Crippen LogP contribution in [0, 0.1) is 10.8 Å². The van der Waals surface area contributed by atoms with Gasteiger partial charge in [0, 0.05) is 54.5 Å². The minimum Gasteiger partial charge on any atom is -0.342 e. The monoisotopic (exact) mass is 444 g/mol. The van der Waals surface area contributed by atoms with Gasteiger partial charge in [0.05, 0.1) is 6.54 Å².